The molecule has 100 valence electrons. The second-order valence-electron chi connectivity index (χ2n) is 3.63. The molecule has 0 fully saturated rings. The molecule has 1 heterocycles. The number of nitrogens with two attached hydrogens (primary N) is 1. The van der Waals surface area contributed by atoms with Gasteiger partial charge in [-0.2, -0.15) is 0 Å². The Morgan fingerprint density at radius 3 is 2.78 bits per heavy atom. The molecule has 0 saturated heterocycles. The highest BCUT2D eigenvalue weighted by Gasteiger charge is 2.19. The Kier molecular flexibility index (Phi) is 5.20. The van der Waals surface area contributed by atoms with Gasteiger partial charge in [-0.1, -0.05) is 0 Å². The van der Waals surface area contributed by atoms with E-state index in [1.54, 1.807) is 12.3 Å². The van der Waals surface area contributed by atoms with Crippen LogP contribution in [0.3, 0.4) is 0 Å². The molecule has 18 heavy (non-hydrogen) atoms. The quantitative estimate of drug-likeness (QED) is 0.671. The maximum atomic E-state index is 11.7. The lowest BCUT2D eigenvalue weighted by Gasteiger charge is -2.10. The van der Waals surface area contributed by atoms with Crippen LogP contribution in [0.1, 0.15) is 28.5 Å². The van der Waals surface area contributed by atoms with Crippen molar-refractivity contribution in [2.24, 2.45) is 5.73 Å². The number of aliphatic carboxylic acids is 1. The summed E-state index contributed by atoms with van der Waals surface area (Å²) in [4.78, 5) is 26.4. The number of carbonyl (C=O) groups excluding carboxylic acids is 1. The number of ether oxygens (including phenoxy) is 1. The fraction of sp³-hybridized carbons (Fsp3) is 0.500. The predicted octanol–water partition coefficient (Wildman–Crippen LogP) is -0.00780. The van der Waals surface area contributed by atoms with Crippen LogP contribution in [0.2, 0.25) is 0 Å². The van der Waals surface area contributed by atoms with Crippen LogP contribution in [-0.4, -0.2) is 41.7 Å². The number of methoxy groups -OCH3 is 1. The number of nitrogens with one attached hydrogen (secondary N) is 1. The molecular formula is C10H15N3O4S. The number of aromatic nitrogens is 1. The summed E-state index contributed by atoms with van der Waals surface area (Å²) < 4.78 is 4.69. The minimum absolute atomic E-state index is 0.115. The lowest BCUT2D eigenvalue weighted by atomic mass is 10.3. The molecule has 0 aliphatic heterocycles. The van der Waals surface area contributed by atoms with E-state index in [9.17, 15) is 9.59 Å². The summed E-state index contributed by atoms with van der Waals surface area (Å²) in [6.45, 7) is 1.65. The van der Waals surface area contributed by atoms with Crippen LogP contribution in [0.4, 0.5) is 0 Å². The van der Waals surface area contributed by atoms with Gasteiger partial charge in [0.2, 0.25) is 0 Å². The van der Waals surface area contributed by atoms with E-state index in [1.165, 1.54) is 18.4 Å². The van der Waals surface area contributed by atoms with Gasteiger partial charge in [0.05, 0.1) is 12.6 Å². The predicted molar refractivity (Wildman–Crippen MR) is 65.5 cm³/mol. The third-order valence-corrected chi connectivity index (χ3v) is 3.20. The number of carbonyl (C=O) groups is 2. The van der Waals surface area contributed by atoms with Crippen molar-refractivity contribution in [2.75, 3.05) is 13.7 Å². The Balaban J connectivity index is 2.57. The molecule has 2 unspecified atom stereocenters. The van der Waals surface area contributed by atoms with E-state index in [0.717, 1.165) is 0 Å². The summed E-state index contributed by atoms with van der Waals surface area (Å²) in [6, 6.07) is -0.234. The Morgan fingerprint density at radius 2 is 2.33 bits per heavy atom. The van der Waals surface area contributed by atoms with Crippen molar-refractivity contribution in [2.45, 2.75) is 19.1 Å². The maximum absolute atomic E-state index is 11.7. The summed E-state index contributed by atoms with van der Waals surface area (Å²) in [5.74, 6) is -1.58. The van der Waals surface area contributed by atoms with Crippen molar-refractivity contribution in [3.63, 3.8) is 0 Å². The fourth-order valence-electron chi connectivity index (χ4n) is 1.15. The third kappa shape index (κ3) is 3.76. The zero-order valence-electron chi connectivity index (χ0n) is 10.0. The van der Waals surface area contributed by atoms with E-state index < -0.39 is 18.0 Å². The van der Waals surface area contributed by atoms with Gasteiger partial charge in [-0.3, -0.25) is 4.79 Å². The second kappa shape index (κ2) is 6.43. The monoisotopic (exact) mass is 273 g/mol. The van der Waals surface area contributed by atoms with Crippen LogP contribution in [0, 0.1) is 0 Å². The number of rotatable bonds is 6. The standard InChI is InChI=1S/C10H15N3O4S/c1-5(11)9-13-6(4-18-9)8(14)12-3-7(17-2)10(15)16/h4-5,7H,3,11H2,1-2H3,(H,12,14)(H,15,16). The minimum atomic E-state index is -1.13. The summed E-state index contributed by atoms with van der Waals surface area (Å²) in [5, 5.41) is 13.4. The average molecular weight is 273 g/mol. The van der Waals surface area contributed by atoms with Gasteiger partial charge in [-0.05, 0) is 6.92 Å². The molecule has 0 aromatic carbocycles. The number of carboxylic acid groups (broad SMARTS) is 1. The highest BCUT2D eigenvalue weighted by molar-refractivity contribution is 7.09. The van der Waals surface area contributed by atoms with E-state index in [1.807, 2.05) is 0 Å². The highest BCUT2D eigenvalue weighted by atomic mass is 32.1. The molecule has 7 nitrogen and oxygen atoms in total. The highest BCUT2D eigenvalue weighted by Crippen LogP contribution is 2.15. The van der Waals surface area contributed by atoms with E-state index >= 15 is 0 Å². The first-order chi connectivity index (χ1) is 8.45. The average Bonchev–Trinajstić information content (AvgIpc) is 2.78. The van der Waals surface area contributed by atoms with Crippen LogP contribution in [-0.2, 0) is 9.53 Å². The number of thiazole rings is 1. The molecule has 0 aliphatic rings. The van der Waals surface area contributed by atoms with Gasteiger partial charge >= 0.3 is 5.97 Å². The number of nitrogens with zero attached hydrogens (tertiary/aromatic N) is 1. The van der Waals surface area contributed by atoms with Crippen molar-refractivity contribution < 1.29 is 19.4 Å². The van der Waals surface area contributed by atoms with Crippen LogP contribution in [0.5, 0.6) is 0 Å². The molecule has 1 aromatic rings. The normalized spacial score (nSPS) is 13.9. The molecule has 0 bridgehead atoms. The lowest BCUT2D eigenvalue weighted by Crippen LogP contribution is -2.37. The number of carboxylic acids is 1. The first-order valence-corrected chi connectivity index (χ1v) is 6.08. The van der Waals surface area contributed by atoms with E-state index in [0.29, 0.717) is 5.01 Å². The van der Waals surface area contributed by atoms with Gasteiger partial charge in [-0.15, -0.1) is 11.3 Å². The van der Waals surface area contributed by atoms with Crippen LogP contribution in [0.25, 0.3) is 0 Å². The molecule has 0 spiro atoms. The number of hydrogen-bond acceptors (Lipinski definition) is 6. The van der Waals surface area contributed by atoms with Crippen LogP contribution >= 0.6 is 11.3 Å². The molecule has 2 atom stereocenters. The van der Waals surface area contributed by atoms with Gasteiger partial charge in [0, 0.05) is 12.5 Å². The van der Waals surface area contributed by atoms with Crippen molar-refractivity contribution in [1.29, 1.82) is 0 Å². The SMILES string of the molecule is COC(CNC(=O)c1csc(C(C)N)n1)C(=O)O. The lowest BCUT2D eigenvalue weighted by molar-refractivity contribution is -0.148. The molecule has 1 rings (SSSR count). The van der Waals surface area contributed by atoms with Gasteiger partial charge in [0.25, 0.3) is 5.91 Å². The molecule has 0 saturated carbocycles. The summed E-state index contributed by atoms with van der Waals surface area (Å²) in [6.07, 6.45) is -1.07. The van der Waals surface area contributed by atoms with Crippen LogP contribution in [0.15, 0.2) is 5.38 Å². The molecule has 1 amide bonds. The Morgan fingerprint density at radius 1 is 1.67 bits per heavy atom. The Labute approximate surface area is 108 Å². The van der Waals surface area contributed by atoms with Crippen molar-refractivity contribution in [3.8, 4) is 0 Å². The first-order valence-electron chi connectivity index (χ1n) is 5.20. The molecule has 1 aromatic heterocycles. The van der Waals surface area contributed by atoms with Gasteiger partial charge < -0.3 is 20.9 Å². The molecule has 0 radical (unpaired) electrons. The topological polar surface area (TPSA) is 115 Å². The summed E-state index contributed by atoms with van der Waals surface area (Å²) in [7, 11) is 1.27. The molecule has 8 heteroatoms. The van der Waals surface area contributed by atoms with E-state index in [4.69, 9.17) is 10.8 Å². The van der Waals surface area contributed by atoms with Crippen molar-refractivity contribution in [3.05, 3.63) is 16.1 Å². The maximum Gasteiger partial charge on any atom is 0.334 e. The summed E-state index contributed by atoms with van der Waals surface area (Å²) in [5.41, 5.74) is 5.86. The minimum Gasteiger partial charge on any atom is -0.479 e. The van der Waals surface area contributed by atoms with E-state index in [-0.39, 0.29) is 18.3 Å². The van der Waals surface area contributed by atoms with Crippen LogP contribution < -0.4 is 11.1 Å². The number of hydrogen-bond donors (Lipinski definition) is 3. The third-order valence-electron chi connectivity index (χ3n) is 2.15. The molecule has 4 N–H and O–H groups in total. The molecule has 0 aliphatic carbocycles. The van der Waals surface area contributed by atoms with Gasteiger partial charge in [0.1, 0.15) is 10.7 Å². The Bertz CT molecular complexity index is 433. The number of amides is 1. The fourth-order valence-corrected chi connectivity index (χ4v) is 1.91. The first kappa shape index (κ1) is 14.6. The van der Waals surface area contributed by atoms with Gasteiger partial charge in [0.15, 0.2) is 6.10 Å². The Hall–Kier alpha value is -1.51. The summed E-state index contributed by atoms with van der Waals surface area (Å²) >= 11 is 1.29. The van der Waals surface area contributed by atoms with Gasteiger partial charge in [-0.25, -0.2) is 9.78 Å². The second-order valence-corrected chi connectivity index (χ2v) is 4.52. The zero-order chi connectivity index (χ0) is 13.7. The smallest absolute Gasteiger partial charge is 0.334 e. The van der Waals surface area contributed by atoms with Crippen molar-refractivity contribution >= 4 is 23.2 Å². The molecular weight excluding hydrogens is 258 g/mol. The van der Waals surface area contributed by atoms with E-state index in [2.05, 4.69) is 15.0 Å². The van der Waals surface area contributed by atoms with Crippen molar-refractivity contribution in [1.82, 2.24) is 10.3 Å². The zero-order valence-corrected chi connectivity index (χ0v) is 10.9. The largest absolute Gasteiger partial charge is 0.479 e.